The van der Waals surface area contributed by atoms with Gasteiger partial charge in [0.2, 0.25) is 11.8 Å². The number of benzene rings is 1. The van der Waals surface area contributed by atoms with Gasteiger partial charge in [0.15, 0.2) is 0 Å². The summed E-state index contributed by atoms with van der Waals surface area (Å²) < 4.78 is 11.1. The lowest BCUT2D eigenvalue weighted by Gasteiger charge is -2.36. The Balaban J connectivity index is 1.27. The lowest BCUT2D eigenvalue weighted by atomic mass is 10.1. The van der Waals surface area contributed by atoms with Crippen LogP contribution in [0.25, 0.3) is 0 Å². The molecule has 0 radical (unpaired) electrons. The number of hydrogen-bond donors (Lipinski definition) is 3. The van der Waals surface area contributed by atoms with Gasteiger partial charge < -0.3 is 25.1 Å². The number of hydrogen-bond acceptors (Lipinski definition) is 9. The maximum Gasteiger partial charge on any atom is 0.338 e. The third kappa shape index (κ3) is 8.38. The van der Waals surface area contributed by atoms with Gasteiger partial charge in [-0.05, 0) is 37.0 Å². The summed E-state index contributed by atoms with van der Waals surface area (Å²) in [5, 5.41) is 6.60. The fourth-order valence-electron chi connectivity index (χ4n) is 3.75. The van der Waals surface area contributed by atoms with Gasteiger partial charge in [-0.2, -0.15) is 0 Å². The summed E-state index contributed by atoms with van der Waals surface area (Å²) in [6.07, 6.45) is 6.45. The third-order valence-corrected chi connectivity index (χ3v) is 11.4. The van der Waals surface area contributed by atoms with E-state index in [1.54, 1.807) is 24.5 Å². The quantitative estimate of drug-likeness (QED) is 0.255. The highest BCUT2D eigenvalue weighted by Crippen LogP contribution is 2.62. The molecule has 3 heterocycles. The smallest absolute Gasteiger partial charge is 0.338 e. The van der Waals surface area contributed by atoms with Crippen molar-refractivity contribution in [3.63, 3.8) is 0 Å². The molecule has 13 heteroatoms. The molecule has 3 N–H and O–H groups in total. The maximum atomic E-state index is 12.8. The molecule has 37 heavy (non-hydrogen) atoms. The Morgan fingerprint density at radius 2 is 2.08 bits per heavy atom. The lowest BCUT2D eigenvalue weighted by Crippen LogP contribution is -2.48. The second kappa shape index (κ2) is 13.9. The van der Waals surface area contributed by atoms with Crippen molar-refractivity contribution in [2.45, 2.75) is 47.5 Å². The van der Waals surface area contributed by atoms with Crippen LogP contribution in [0.3, 0.4) is 0 Å². The molecule has 200 valence electrons. The highest BCUT2D eigenvalue weighted by molar-refractivity contribution is 8.36. The monoisotopic (exact) mass is 582 g/mol. The molecule has 0 saturated carbocycles. The molecular formula is C24H31N4O5PS3. The molecular weight excluding hydrogens is 551 g/mol. The van der Waals surface area contributed by atoms with Crippen molar-refractivity contribution in [1.29, 1.82) is 0 Å². The molecule has 2 amide bonds. The molecule has 2 aromatic rings. The number of ether oxygens (including phenoxy) is 2. The number of aromatic nitrogens is 2. The molecule has 3 atom stereocenters. The Morgan fingerprint density at radius 1 is 1.27 bits per heavy atom. The number of thioether (sulfide) groups is 3. The van der Waals surface area contributed by atoms with E-state index < -0.39 is 12.0 Å². The third-order valence-electron chi connectivity index (χ3n) is 5.88. The van der Waals surface area contributed by atoms with Crippen LogP contribution in [-0.2, 0) is 29.4 Å². The second-order valence-corrected chi connectivity index (χ2v) is 14.5. The van der Waals surface area contributed by atoms with E-state index in [9.17, 15) is 14.4 Å². The molecule has 2 aliphatic rings. The van der Waals surface area contributed by atoms with E-state index in [2.05, 4.69) is 29.8 Å². The Labute approximate surface area is 231 Å². The van der Waals surface area contributed by atoms with Crippen LogP contribution in [0.5, 0.6) is 0 Å². The molecule has 9 nitrogen and oxygen atoms in total. The van der Waals surface area contributed by atoms with Gasteiger partial charge >= 0.3 is 5.97 Å². The molecule has 1 aromatic heterocycles. The molecule has 4 rings (SSSR count). The van der Waals surface area contributed by atoms with E-state index in [1.165, 1.54) is 11.8 Å². The molecule has 2 aliphatic heterocycles. The zero-order chi connectivity index (χ0) is 26.1. The van der Waals surface area contributed by atoms with E-state index in [0.29, 0.717) is 18.0 Å². The number of amides is 2. The van der Waals surface area contributed by atoms with Crippen molar-refractivity contribution in [3.05, 3.63) is 53.6 Å². The van der Waals surface area contributed by atoms with E-state index >= 15 is 0 Å². The van der Waals surface area contributed by atoms with Crippen LogP contribution in [0.15, 0.2) is 36.7 Å². The predicted molar refractivity (Wildman–Crippen MR) is 151 cm³/mol. The van der Waals surface area contributed by atoms with E-state index in [-0.39, 0.29) is 46.4 Å². The van der Waals surface area contributed by atoms with Crippen molar-refractivity contribution in [1.82, 2.24) is 20.6 Å². The van der Waals surface area contributed by atoms with Crippen molar-refractivity contribution in [3.8, 4) is 0 Å². The first-order chi connectivity index (χ1) is 17.9. The van der Waals surface area contributed by atoms with Crippen molar-refractivity contribution < 1.29 is 23.9 Å². The molecule has 0 spiro atoms. The van der Waals surface area contributed by atoms with Gasteiger partial charge in [-0.3, -0.25) is 9.59 Å². The topological polar surface area (TPSA) is 122 Å². The van der Waals surface area contributed by atoms with Gasteiger partial charge in [-0.25, -0.2) is 9.78 Å². The Kier molecular flexibility index (Phi) is 10.6. The number of imidazole rings is 1. The minimum Gasteiger partial charge on any atom is -0.462 e. The summed E-state index contributed by atoms with van der Waals surface area (Å²) in [7, 11) is 2.86. The zero-order valence-corrected chi connectivity index (χ0v) is 23.9. The van der Waals surface area contributed by atoms with Gasteiger partial charge in [0.25, 0.3) is 0 Å². The van der Waals surface area contributed by atoms with Crippen LogP contribution < -0.4 is 10.6 Å². The molecule has 3 unspecified atom stereocenters. The number of H-pyrrole nitrogens is 1. The van der Waals surface area contributed by atoms with Crippen LogP contribution in [0.4, 0.5) is 0 Å². The standard InChI is InChI=1S/C24H31N4O5PS3/c29-20(14-35-21-3-1-2-11-32-21)28-18(22(30)27-13-19-25-9-10-26-19)8-12-33-23(31)16-4-6-17(7-5-16)24(34)36-15-37-24/h4-7,9-10,18,21H,1-3,8,11-15,34H2,(H,25,26)(H,27,30)(H,28,29). The van der Waals surface area contributed by atoms with E-state index in [0.717, 1.165) is 29.9 Å². The molecule has 2 fully saturated rings. The van der Waals surface area contributed by atoms with Gasteiger partial charge in [-0.15, -0.1) is 44.5 Å². The minimum absolute atomic E-state index is 0.000678. The van der Waals surface area contributed by atoms with Crippen LogP contribution >= 0.6 is 44.5 Å². The number of nitrogens with zero attached hydrogens (tertiary/aromatic N) is 1. The zero-order valence-electron chi connectivity index (χ0n) is 20.3. The first kappa shape index (κ1) is 28.3. The number of carbonyl (C=O) groups is 3. The fraction of sp³-hybridized carbons (Fsp3) is 0.500. The SMILES string of the molecule is O=C(CSC1CCCCO1)NC(CCOC(=O)c1ccc(C2(P)SCS2)cc1)C(=O)NCc1ncc[nH]1. The Hall–Kier alpha value is -1.72. The maximum absolute atomic E-state index is 12.8. The molecule has 0 aliphatic carbocycles. The Bertz CT molecular complexity index is 1050. The Morgan fingerprint density at radius 3 is 2.73 bits per heavy atom. The van der Waals surface area contributed by atoms with Crippen molar-refractivity contribution >= 4 is 62.3 Å². The summed E-state index contributed by atoms with van der Waals surface area (Å²) >= 11 is 5.11. The summed E-state index contributed by atoms with van der Waals surface area (Å²) in [5.41, 5.74) is 1.57. The molecule has 0 bridgehead atoms. The van der Waals surface area contributed by atoms with E-state index in [1.807, 2.05) is 35.7 Å². The van der Waals surface area contributed by atoms with Crippen LogP contribution in [0, 0.1) is 0 Å². The normalized spacial score (nSPS) is 19.3. The van der Waals surface area contributed by atoms with Crippen molar-refractivity contribution in [2.75, 3.05) is 24.1 Å². The number of rotatable bonds is 12. The fourth-order valence-corrected chi connectivity index (χ4v) is 8.20. The largest absolute Gasteiger partial charge is 0.462 e. The van der Waals surface area contributed by atoms with Gasteiger partial charge in [-0.1, -0.05) is 12.1 Å². The number of carbonyl (C=O) groups excluding carboxylic acids is 3. The summed E-state index contributed by atoms with van der Waals surface area (Å²) in [4.78, 5) is 45.0. The molecule has 2 saturated heterocycles. The summed E-state index contributed by atoms with van der Waals surface area (Å²) in [6.45, 7) is 0.891. The van der Waals surface area contributed by atoms with Crippen LogP contribution in [0.2, 0.25) is 0 Å². The predicted octanol–water partition coefficient (Wildman–Crippen LogP) is 3.44. The van der Waals surface area contributed by atoms with E-state index in [4.69, 9.17) is 9.47 Å². The number of nitrogens with one attached hydrogen (secondary N) is 3. The van der Waals surface area contributed by atoms with Gasteiger partial charge in [0.05, 0.1) is 24.5 Å². The highest BCUT2D eigenvalue weighted by Gasteiger charge is 2.35. The first-order valence-corrected chi connectivity index (χ1v) is 15.7. The second-order valence-electron chi connectivity index (χ2n) is 8.56. The van der Waals surface area contributed by atoms with Gasteiger partial charge in [0, 0.05) is 30.5 Å². The average Bonchev–Trinajstić information content (AvgIpc) is 3.43. The van der Waals surface area contributed by atoms with Crippen molar-refractivity contribution in [2.24, 2.45) is 0 Å². The minimum atomic E-state index is -0.852. The lowest BCUT2D eigenvalue weighted by molar-refractivity contribution is -0.128. The number of esters is 1. The summed E-state index contributed by atoms with van der Waals surface area (Å²) in [6, 6.07) is 6.52. The molecule has 1 aromatic carbocycles. The first-order valence-electron chi connectivity index (χ1n) is 12.1. The van der Waals surface area contributed by atoms with Crippen LogP contribution in [0.1, 0.15) is 47.4 Å². The van der Waals surface area contributed by atoms with Crippen LogP contribution in [-0.4, -0.2) is 63.3 Å². The highest BCUT2D eigenvalue weighted by atomic mass is 32.3. The van der Waals surface area contributed by atoms with Gasteiger partial charge in [0.1, 0.15) is 21.1 Å². The summed E-state index contributed by atoms with van der Waals surface area (Å²) in [5.74, 6) is -0.316. The number of aromatic amines is 1. The average molecular weight is 583 g/mol.